The van der Waals surface area contributed by atoms with Crippen LogP contribution < -0.4 is 17.0 Å². The summed E-state index contributed by atoms with van der Waals surface area (Å²) >= 11 is 5.12. The molecular weight excluding hydrogens is 667 g/mol. The minimum absolute atomic E-state index is 0.0349. The minimum Gasteiger partial charge on any atom is -0.382 e. The molecule has 6 N–H and O–H groups in total. The largest absolute Gasteiger partial charge is 0.382 e. The molecule has 0 saturated carbocycles. The molecule has 7 rings (SSSR count). The van der Waals surface area contributed by atoms with Crippen LogP contribution in [0.15, 0.2) is 23.8 Å². The van der Waals surface area contributed by atoms with Crippen LogP contribution in [0.2, 0.25) is 0 Å². The molecule has 45 heavy (non-hydrogen) atoms. The summed E-state index contributed by atoms with van der Waals surface area (Å²) in [4.78, 5) is 45.3. The van der Waals surface area contributed by atoms with Crippen molar-refractivity contribution in [3.63, 3.8) is 0 Å². The van der Waals surface area contributed by atoms with Gasteiger partial charge in [-0.3, -0.25) is 28.0 Å². The summed E-state index contributed by atoms with van der Waals surface area (Å²) in [7, 11) is 1.20. The maximum absolute atomic E-state index is 16.0. The van der Waals surface area contributed by atoms with Crippen molar-refractivity contribution >= 4 is 67.7 Å². The quantitative estimate of drug-likeness (QED) is 0.159. The second kappa shape index (κ2) is 11.1. The van der Waals surface area contributed by atoms with Crippen molar-refractivity contribution in [1.82, 2.24) is 39.0 Å². The van der Waals surface area contributed by atoms with E-state index in [1.54, 1.807) is 0 Å². The lowest BCUT2D eigenvalue weighted by Gasteiger charge is -2.29. The first kappa shape index (κ1) is 30.7. The molecule has 19 nitrogen and oxygen atoms in total. The minimum atomic E-state index is -4.62. The molecule has 10 atom stereocenters. The number of H-pyrrole nitrogens is 1. The summed E-state index contributed by atoms with van der Waals surface area (Å²) in [5, 5.41) is 0. The number of aromatic nitrogens is 8. The number of fused-ring (bicyclic) bond motifs is 4. The van der Waals surface area contributed by atoms with E-state index in [-0.39, 0.29) is 34.1 Å². The first-order valence-electron chi connectivity index (χ1n) is 12.9. The number of anilines is 2. The Morgan fingerprint density at radius 2 is 1.56 bits per heavy atom. The van der Waals surface area contributed by atoms with Gasteiger partial charge < -0.3 is 39.4 Å². The van der Waals surface area contributed by atoms with Crippen molar-refractivity contribution in [1.29, 1.82) is 0 Å². The van der Waals surface area contributed by atoms with Crippen LogP contribution in [0.5, 0.6) is 0 Å². The van der Waals surface area contributed by atoms with E-state index in [9.17, 15) is 14.3 Å². The normalized spacial score (nSPS) is 37.7. The lowest BCUT2D eigenvalue weighted by molar-refractivity contribution is -0.0566. The monoisotopic (exact) mass is 688 g/mol. The third kappa shape index (κ3) is 5.45. The van der Waals surface area contributed by atoms with Gasteiger partial charge in [0.1, 0.15) is 36.3 Å². The van der Waals surface area contributed by atoms with Crippen LogP contribution in [-0.2, 0) is 43.9 Å². The van der Waals surface area contributed by atoms with Crippen LogP contribution in [0.4, 0.5) is 20.5 Å². The van der Waals surface area contributed by atoms with Gasteiger partial charge in [-0.1, -0.05) is 0 Å². The lowest BCUT2D eigenvalue weighted by Crippen LogP contribution is -2.37. The van der Waals surface area contributed by atoms with Crippen LogP contribution >= 0.6 is 14.2 Å². The van der Waals surface area contributed by atoms with Crippen LogP contribution in [0.25, 0.3) is 22.3 Å². The molecule has 2 radical (unpaired) electrons. The number of nitrogens with zero attached hydrogens (tertiary/aromatic N) is 7. The van der Waals surface area contributed by atoms with Gasteiger partial charge in [0.15, 0.2) is 47.4 Å². The second-order valence-corrected chi connectivity index (χ2v) is 14.5. The average Bonchev–Trinajstić information content (AvgIpc) is 3.72. The van der Waals surface area contributed by atoms with Crippen molar-refractivity contribution in [3.8, 4) is 0 Å². The number of alkyl halides is 2. The Kier molecular flexibility index (Phi) is 7.55. The molecule has 3 saturated heterocycles. The van der Waals surface area contributed by atoms with Gasteiger partial charge in [-0.2, -0.15) is 4.98 Å². The average molecular weight is 688 g/mol. The zero-order valence-corrected chi connectivity index (χ0v) is 25.0. The summed E-state index contributed by atoms with van der Waals surface area (Å²) in [5.41, 5.74) is 10.8. The number of ether oxygens (including phenoxy) is 2. The molecule has 0 aliphatic carbocycles. The smallest absolute Gasteiger partial charge is 0.325 e. The van der Waals surface area contributed by atoms with Gasteiger partial charge in [-0.05, 0) is 11.8 Å². The van der Waals surface area contributed by atoms with Crippen LogP contribution in [0, 0.1) is 0 Å². The fourth-order valence-corrected chi connectivity index (χ4v) is 7.71. The highest BCUT2D eigenvalue weighted by Crippen LogP contribution is 2.54. The highest BCUT2D eigenvalue weighted by molar-refractivity contribution is 8.07. The Balaban J connectivity index is 1.17. The van der Waals surface area contributed by atoms with Gasteiger partial charge in [0, 0.05) is 0 Å². The Hall–Kier alpha value is -2.98. The third-order valence-electron chi connectivity index (χ3n) is 7.26. The molecule has 0 spiro atoms. The number of rotatable bonds is 2. The summed E-state index contributed by atoms with van der Waals surface area (Å²) in [6.07, 6.45) is -9.99. The van der Waals surface area contributed by atoms with Crippen molar-refractivity contribution in [2.24, 2.45) is 0 Å². The molecule has 4 aromatic heterocycles. The van der Waals surface area contributed by atoms with Crippen molar-refractivity contribution in [3.05, 3.63) is 29.3 Å². The standard InChI is InChI=1S/C20H21BF2N10O9P2S/c21-43(35)37-1-6-13(9(23)19(39-6)33-5-29-11-16(33)30-20(25)31-17(11)34)42-44(36,45)38-2-7-12(41-43)8(22)18(40-7)32-4-28-10-14(24)26-3-27-15(10)32/h3-9,12-13,18-19H,1-2H2,(H,36,45)(H2,24,26,27)(H3,25,30,31,34)/t6-,7-,8+,9?,12?,13+,18-,19-,43-,44?/m1/s1. The number of nitrogen functional groups attached to an aromatic ring is 2. The van der Waals surface area contributed by atoms with Crippen LogP contribution in [-0.4, -0.2) is 101 Å². The molecule has 3 aliphatic rings. The number of hydrogen-bond acceptors (Lipinski definition) is 16. The molecule has 0 bridgehead atoms. The molecule has 0 amide bonds. The van der Waals surface area contributed by atoms with Gasteiger partial charge in [0.05, 0.1) is 25.9 Å². The molecule has 4 aromatic rings. The van der Waals surface area contributed by atoms with E-state index in [1.807, 2.05) is 0 Å². The number of aromatic amines is 1. The van der Waals surface area contributed by atoms with Crippen LogP contribution in [0.1, 0.15) is 12.5 Å². The highest BCUT2D eigenvalue weighted by Gasteiger charge is 2.53. The topological polar surface area (TPSA) is 252 Å². The van der Waals surface area contributed by atoms with Gasteiger partial charge in [0.2, 0.25) is 13.5 Å². The SMILES string of the molecule is [B][P@@]1(=O)OC[C@H]2O[C@@H](n3cnc4c(=O)[nH]c(N)nc43)C(F)[C@H]2OP(O)(=S)OC[C@H]2O[C@@H](n3cnc4c(N)ncnc43)[C@@H](F)C2O1. The number of halogens is 2. The van der Waals surface area contributed by atoms with Gasteiger partial charge in [-0.25, -0.2) is 28.7 Å². The maximum atomic E-state index is 16.0. The molecule has 7 heterocycles. The summed E-state index contributed by atoms with van der Waals surface area (Å²) < 4.78 is 80.7. The van der Waals surface area contributed by atoms with E-state index in [4.69, 9.17) is 58.4 Å². The van der Waals surface area contributed by atoms with E-state index in [1.165, 1.54) is 10.9 Å². The first-order chi connectivity index (χ1) is 21.3. The summed E-state index contributed by atoms with van der Waals surface area (Å²) in [5.74, 6) is -0.235. The Morgan fingerprint density at radius 3 is 2.24 bits per heavy atom. The van der Waals surface area contributed by atoms with Crippen molar-refractivity contribution in [2.75, 3.05) is 24.7 Å². The molecular formula is C20H21BF2N10O9P2S. The van der Waals surface area contributed by atoms with Crippen molar-refractivity contribution in [2.45, 2.75) is 49.2 Å². The van der Waals surface area contributed by atoms with Gasteiger partial charge >= 0.3 is 6.72 Å². The molecule has 3 aliphatic heterocycles. The maximum Gasteiger partial charge on any atom is 0.325 e. The molecule has 3 unspecified atom stereocenters. The number of nitrogens with one attached hydrogen (secondary N) is 1. The third-order valence-corrected chi connectivity index (χ3v) is 9.87. The van der Waals surface area contributed by atoms with E-state index in [2.05, 4.69) is 29.9 Å². The van der Waals surface area contributed by atoms with Crippen molar-refractivity contribution < 1.29 is 45.8 Å². The van der Waals surface area contributed by atoms with E-state index in [0.29, 0.717) is 0 Å². The Labute approximate surface area is 255 Å². The predicted octanol–water partition coefficient (Wildman–Crippen LogP) is -0.0945. The Bertz CT molecular complexity index is 1950. The lowest BCUT2D eigenvalue weighted by atomic mass is 10.1. The number of hydrogen-bond donors (Lipinski definition) is 4. The molecule has 238 valence electrons. The number of imidazole rings is 2. The fraction of sp³-hybridized carbons (Fsp3) is 0.500. The summed E-state index contributed by atoms with van der Waals surface area (Å²) in [6, 6.07) is 0. The second-order valence-electron chi connectivity index (χ2n) is 10.1. The fourth-order valence-electron chi connectivity index (χ4n) is 5.27. The molecule has 25 heteroatoms. The molecule has 3 fully saturated rings. The predicted molar refractivity (Wildman–Crippen MR) is 151 cm³/mol. The van der Waals surface area contributed by atoms with Gasteiger partial charge in [0.25, 0.3) is 13.0 Å². The van der Waals surface area contributed by atoms with Crippen LogP contribution in [0.3, 0.4) is 0 Å². The molecule has 0 aromatic carbocycles. The number of nitrogens with two attached hydrogens (primary N) is 2. The summed E-state index contributed by atoms with van der Waals surface area (Å²) in [6.45, 7) is -5.72. The first-order valence-corrected chi connectivity index (χ1v) is 17.1. The highest BCUT2D eigenvalue weighted by atomic mass is 32.5. The van der Waals surface area contributed by atoms with E-state index in [0.717, 1.165) is 17.2 Å². The van der Waals surface area contributed by atoms with Gasteiger partial charge in [-0.15, -0.1) is 0 Å². The van der Waals surface area contributed by atoms with E-state index >= 15 is 8.78 Å². The Morgan fingerprint density at radius 1 is 0.956 bits per heavy atom. The zero-order valence-electron chi connectivity index (χ0n) is 22.4. The zero-order chi connectivity index (χ0) is 31.8. The van der Waals surface area contributed by atoms with E-state index < -0.39 is 82.2 Å².